The van der Waals surface area contributed by atoms with Crippen molar-refractivity contribution < 1.29 is 14.3 Å². The fourth-order valence-electron chi connectivity index (χ4n) is 1.69. The molecule has 0 heterocycles. The predicted octanol–water partition coefficient (Wildman–Crippen LogP) is 3.88. The Morgan fingerprint density at radius 1 is 0.789 bits per heavy atom. The summed E-state index contributed by atoms with van der Waals surface area (Å²) in [5.74, 6) is 1.13. The zero-order valence-corrected chi connectivity index (χ0v) is 10.8. The molecule has 19 heavy (non-hydrogen) atoms. The van der Waals surface area contributed by atoms with Crippen LogP contribution in [0.25, 0.3) is 0 Å². The molecule has 3 nitrogen and oxygen atoms in total. The molecular formula is C16H14O3. The summed E-state index contributed by atoms with van der Waals surface area (Å²) >= 11 is 0. The third-order valence-electron chi connectivity index (χ3n) is 2.72. The van der Waals surface area contributed by atoms with E-state index in [4.69, 9.17) is 4.74 Å². The smallest absolute Gasteiger partial charge is 0.159 e. The van der Waals surface area contributed by atoms with Gasteiger partial charge in [-0.25, -0.2) is 0 Å². The summed E-state index contributed by atoms with van der Waals surface area (Å²) in [5.41, 5.74) is 1.19. The quantitative estimate of drug-likeness (QED) is 0.777. The number of rotatable bonds is 4. The van der Waals surface area contributed by atoms with Crippen molar-refractivity contribution in [1.29, 1.82) is 0 Å². The van der Waals surface area contributed by atoms with Crippen molar-refractivity contribution in [2.75, 3.05) is 0 Å². The van der Waals surface area contributed by atoms with E-state index in [1.807, 2.05) is 0 Å². The molecule has 96 valence electrons. The summed E-state index contributed by atoms with van der Waals surface area (Å²) in [4.78, 5) is 22.6. The second-order valence-electron chi connectivity index (χ2n) is 4.27. The first-order valence-corrected chi connectivity index (χ1v) is 5.96. The van der Waals surface area contributed by atoms with Crippen LogP contribution in [0.1, 0.15) is 34.6 Å². The van der Waals surface area contributed by atoms with Crippen molar-refractivity contribution in [2.24, 2.45) is 0 Å². The van der Waals surface area contributed by atoms with Crippen molar-refractivity contribution in [3.8, 4) is 11.5 Å². The summed E-state index contributed by atoms with van der Waals surface area (Å²) < 4.78 is 5.66. The van der Waals surface area contributed by atoms with Gasteiger partial charge in [-0.15, -0.1) is 0 Å². The van der Waals surface area contributed by atoms with Crippen molar-refractivity contribution in [3.05, 3.63) is 59.7 Å². The zero-order valence-electron chi connectivity index (χ0n) is 10.8. The number of ketones is 2. The minimum Gasteiger partial charge on any atom is -0.457 e. The van der Waals surface area contributed by atoms with Gasteiger partial charge >= 0.3 is 0 Å². The molecule has 3 heteroatoms. The Kier molecular flexibility index (Phi) is 3.76. The van der Waals surface area contributed by atoms with Gasteiger partial charge in [-0.05, 0) is 38.1 Å². The Morgan fingerprint density at radius 2 is 1.21 bits per heavy atom. The number of carbonyl (C=O) groups excluding carboxylic acids is 2. The monoisotopic (exact) mass is 254 g/mol. The third kappa shape index (κ3) is 3.28. The van der Waals surface area contributed by atoms with Crippen LogP contribution in [-0.4, -0.2) is 11.6 Å². The molecule has 0 N–H and O–H groups in total. The normalized spacial score (nSPS) is 10.0. The molecule has 0 atom stereocenters. The average molecular weight is 254 g/mol. The van der Waals surface area contributed by atoms with E-state index in [9.17, 15) is 9.59 Å². The minimum absolute atomic E-state index is 0.0112. The molecule has 0 unspecified atom stereocenters. The molecule has 0 saturated carbocycles. The largest absolute Gasteiger partial charge is 0.457 e. The lowest BCUT2D eigenvalue weighted by Gasteiger charge is -2.07. The highest BCUT2D eigenvalue weighted by molar-refractivity contribution is 5.95. The number of ether oxygens (including phenoxy) is 1. The Labute approximate surface area is 111 Å². The summed E-state index contributed by atoms with van der Waals surface area (Å²) in [6.07, 6.45) is 0. The minimum atomic E-state index is -0.0112. The van der Waals surface area contributed by atoms with Crippen LogP contribution in [0.3, 0.4) is 0 Å². The Bertz CT molecular complexity index is 574. The van der Waals surface area contributed by atoms with Crippen LogP contribution in [0.5, 0.6) is 11.5 Å². The van der Waals surface area contributed by atoms with Crippen LogP contribution < -0.4 is 4.74 Å². The van der Waals surface area contributed by atoms with Gasteiger partial charge in [0.1, 0.15) is 11.5 Å². The lowest BCUT2D eigenvalue weighted by Crippen LogP contribution is -1.94. The van der Waals surface area contributed by atoms with Gasteiger partial charge in [0.2, 0.25) is 0 Å². The van der Waals surface area contributed by atoms with E-state index >= 15 is 0 Å². The second-order valence-corrected chi connectivity index (χ2v) is 4.27. The van der Waals surface area contributed by atoms with Crippen molar-refractivity contribution in [2.45, 2.75) is 13.8 Å². The number of benzene rings is 2. The standard InChI is InChI=1S/C16H14O3/c1-11(17)13-5-3-7-15(9-13)19-16-8-4-6-14(10-16)12(2)18/h3-10H,1-2H3. The molecule has 2 aromatic carbocycles. The first-order valence-electron chi connectivity index (χ1n) is 5.96. The van der Waals surface area contributed by atoms with Crippen molar-refractivity contribution >= 4 is 11.6 Å². The van der Waals surface area contributed by atoms with E-state index in [1.54, 1.807) is 48.5 Å². The molecule has 0 radical (unpaired) electrons. The fourth-order valence-corrected chi connectivity index (χ4v) is 1.69. The van der Waals surface area contributed by atoms with Crippen molar-refractivity contribution in [3.63, 3.8) is 0 Å². The van der Waals surface area contributed by atoms with Crippen LogP contribution in [0.2, 0.25) is 0 Å². The predicted molar refractivity (Wildman–Crippen MR) is 73.0 cm³/mol. The summed E-state index contributed by atoms with van der Waals surface area (Å²) in [6.45, 7) is 3.02. The molecular weight excluding hydrogens is 240 g/mol. The van der Waals surface area contributed by atoms with Crippen LogP contribution in [0.4, 0.5) is 0 Å². The highest BCUT2D eigenvalue weighted by Crippen LogP contribution is 2.23. The van der Waals surface area contributed by atoms with Crippen LogP contribution in [-0.2, 0) is 0 Å². The molecule has 0 spiro atoms. The molecule has 0 aliphatic heterocycles. The van der Waals surface area contributed by atoms with Gasteiger partial charge in [-0.2, -0.15) is 0 Å². The SMILES string of the molecule is CC(=O)c1cccc(Oc2cccc(C(C)=O)c2)c1. The first-order chi connectivity index (χ1) is 9.06. The Hall–Kier alpha value is -2.42. The second kappa shape index (κ2) is 5.48. The number of carbonyl (C=O) groups is 2. The lowest BCUT2D eigenvalue weighted by atomic mass is 10.1. The van der Waals surface area contributed by atoms with Crippen LogP contribution in [0.15, 0.2) is 48.5 Å². The van der Waals surface area contributed by atoms with Gasteiger partial charge in [-0.1, -0.05) is 24.3 Å². The molecule has 0 aliphatic carbocycles. The maximum atomic E-state index is 11.3. The summed E-state index contributed by atoms with van der Waals surface area (Å²) in [7, 11) is 0. The molecule has 0 amide bonds. The molecule has 0 saturated heterocycles. The molecule has 0 aromatic heterocycles. The number of Topliss-reactive ketones (excluding diaryl/α,β-unsaturated/α-hetero) is 2. The summed E-state index contributed by atoms with van der Waals surface area (Å²) in [5, 5.41) is 0. The number of hydrogen-bond donors (Lipinski definition) is 0. The maximum Gasteiger partial charge on any atom is 0.159 e. The van der Waals surface area contributed by atoms with Gasteiger partial charge in [0.05, 0.1) is 0 Å². The lowest BCUT2D eigenvalue weighted by molar-refractivity contribution is 0.100. The van der Waals surface area contributed by atoms with Gasteiger partial charge in [-0.3, -0.25) is 9.59 Å². The van der Waals surface area contributed by atoms with Gasteiger partial charge in [0, 0.05) is 11.1 Å². The van der Waals surface area contributed by atoms with Gasteiger partial charge in [0.25, 0.3) is 0 Å². The molecule has 2 aromatic rings. The highest BCUT2D eigenvalue weighted by Gasteiger charge is 2.04. The van der Waals surface area contributed by atoms with E-state index in [1.165, 1.54) is 13.8 Å². The molecule has 0 fully saturated rings. The average Bonchev–Trinajstić information content (AvgIpc) is 2.39. The molecule has 2 rings (SSSR count). The van der Waals surface area contributed by atoms with Crippen LogP contribution in [0, 0.1) is 0 Å². The number of hydrogen-bond acceptors (Lipinski definition) is 3. The van der Waals surface area contributed by atoms with Crippen LogP contribution >= 0.6 is 0 Å². The van der Waals surface area contributed by atoms with Gasteiger partial charge < -0.3 is 4.74 Å². The highest BCUT2D eigenvalue weighted by atomic mass is 16.5. The Balaban J connectivity index is 2.26. The van der Waals surface area contributed by atoms with E-state index in [0.29, 0.717) is 22.6 Å². The summed E-state index contributed by atoms with van der Waals surface area (Å²) in [6, 6.07) is 13.9. The topological polar surface area (TPSA) is 43.4 Å². The Morgan fingerprint density at radius 3 is 1.58 bits per heavy atom. The maximum absolute atomic E-state index is 11.3. The van der Waals surface area contributed by atoms with Crippen molar-refractivity contribution in [1.82, 2.24) is 0 Å². The fraction of sp³-hybridized carbons (Fsp3) is 0.125. The van der Waals surface area contributed by atoms with E-state index in [-0.39, 0.29) is 11.6 Å². The zero-order chi connectivity index (χ0) is 13.8. The third-order valence-corrected chi connectivity index (χ3v) is 2.72. The first kappa shape index (κ1) is 13.0. The van der Waals surface area contributed by atoms with Gasteiger partial charge in [0.15, 0.2) is 11.6 Å². The van der Waals surface area contributed by atoms with E-state index < -0.39 is 0 Å². The molecule has 0 aliphatic rings. The van der Waals surface area contributed by atoms with E-state index in [2.05, 4.69) is 0 Å². The van der Waals surface area contributed by atoms with E-state index in [0.717, 1.165) is 0 Å². The molecule has 0 bridgehead atoms.